The number of anilines is 1. The smallest absolute Gasteiger partial charge is 0.238 e. The van der Waals surface area contributed by atoms with Crippen LogP contribution in [-0.2, 0) is 14.4 Å². The molecule has 1 atom stereocenters. The number of hydrogen-bond donors (Lipinski definition) is 2. The van der Waals surface area contributed by atoms with E-state index in [0.29, 0.717) is 32.7 Å². The summed E-state index contributed by atoms with van der Waals surface area (Å²) in [6, 6.07) is 16.9. The fourth-order valence-electron chi connectivity index (χ4n) is 3.68. The first-order valence-electron chi connectivity index (χ1n) is 10.6. The Balaban J connectivity index is 1.47. The summed E-state index contributed by atoms with van der Waals surface area (Å²) in [5.74, 6) is -0.212. The van der Waals surface area contributed by atoms with Gasteiger partial charge in [-0.3, -0.25) is 19.3 Å². The van der Waals surface area contributed by atoms with Gasteiger partial charge in [0.05, 0.1) is 19.0 Å². The molecule has 1 aliphatic rings. The van der Waals surface area contributed by atoms with Crippen molar-refractivity contribution in [3.63, 3.8) is 0 Å². The van der Waals surface area contributed by atoms with E-state index < -0.39 is 0 Å². The van der Waals surface area contributed by atoms with Crippen molar-refractivity contribution in [2.45, 2.75) is 26.3 Å². The van der Waals surface area contributed by atoms with E-state index in [1.807, 2.05) is 66.4 Å². The Labute approximate surface area is 183 Å². The van der Waals surface area contributed by atoms with Gasteiger partial charge in [-0.1, -0.05) is 48.0 Å². The minimum Gasteiger partial charge on any atom is -0.349 e. The third kappa shape index (κ3) is 6.93. The van der Waals surface area contributed by atoms with Gasteiger partial charge in [-0.25, -0.2) is 0 Å². The number of nitrogens with zero attached hydrogens (tertiary/aromatic N) is 2. The Morgan fingerprint density at radius 2 is 1.58 bits per heavy atom. The van der Waals surface area contributed by atoms with Gasteiger partial charge in [-0.2, -0.15) is 0 Å². The monoisotopic (exact) mass is 422 g/mol. The molecule has 3 amide bonds. The number of benzene rings is 2. The first-order chi connectivity index (χ1) is 14.9. The zero-order valence-corrected chi connectivity index (χ0v) is 18.1. The number of carbonyl (C=O) groups is 3. The van der Waals surface area contributed by atoms with Crippen molar-refractivity contribution in [1.82, 2.24) is 15.1 Å². The molecular formula is C24H30N4O3. The van der Waals surface area contributed by atoms with Gasteiger partial charge in [0.1, 0.15) is 0 Å². The van der Waals surface area contributed by atoms with Crippen molar-refractivity contribution < 1.29 is 14.4 Å². The van der Waals surface area contributed by atoms with Gasteiger partial charge < -0.3 is 15.5 Å². The highest BCUT2D eigenvalue weighted by atomic mass is 16.2. The van der Waals surface area contributed by atoms with E-state index in [0.717, 1.165) is 16.8 Å². The number of rotatable bonds is 7. The van der Waals surface area contributed by atoms with Crippen molar-refractivity contribution >= 4 is 23.4 Å². The molecule has 3 rings (SSSR count). The van der Waals surface area contributed by atoms with E-state index in [4.69, 9.17) is 0 Å². The van der Waals surface area contributed by atoms with Gasteiger partial charge >= 0.3 is 0 Å². The summed E-state index contributed by atoms with van der Waals surface area (Å²) in [5.41, 5.74) is 2.85. The molecule has 0 unspecified atom stereocenters. The Morgan fingerprint density at radius 3 is 2.19 bits per heavy atom. The van der Waals surface area contributed by atoms with E-state index in [1.54, 1.807) is 0 Å². The largest absolute Gasteiger partial charge is 0.349 e. The van der Waals surface area contributed by atoms with Crippen molar-refractivity contribution in [3.05, 3.63) is 65.7 Å². The minimum atomic E-state index is -0.343. The number of piperazine rings is 1. The van der Waals surface area contributed by atoms with Crippen LogP contribution in [0.3, 0.4) is 0 Å². The lowest BCUT2D eigenvalue weighted by Gasteiger charge is -2.35. The van der Waals surface area contributed by atoms with E-state index in [9.17, 15) is 14.4 Å². The molecule has 2 aromatic carbocycles. The molecule has 1 saturated heterocycles. The van der Waals surface area contributed by atoms with Crippen molar-refractivity contribution in [2.24, 2.45) is 0 Å². The van der Waals surface area contributed by atoms with Crippen LogP contribution in [0.4, 0.5) is 5.69 Å². The topological polar surface area (TPSA) is 81.8 Å². The summed E-state index contributed by atoms with van der Waals surface area (Å²) in [6.45, 7) is 6.18. The van der Waals surface area contributed by atoms with E-state index in [2.05, 4.69) is 15.5 Å². The predicted octanol–water partition coefficient (Wildman–Crippen LogP) is 2.35. The maximum Gasteiger partial charge on any atom is 0.238 e. The molecule has 0 spiro atoms. The van der Waals surface area contributed by atoms with Crippen LogP contribution >= 0.6 is 0 Å². The highest BCUT2D eigenvalue weighted by molar-refractivity contribution is 5.92. The molecule has 0 radical (unpaired) electrons. The minimum absolute atomic E-state index is 0.00589. The van der Waals surface area contributed by atoms with E-state index in [1.165, 1.54) is 6.92 Å². The Bertz CT molecular complexity index is 891. The average molecular weight is 423 g/mol. The zero-order valence-electron chi connectivity index (χ0n) is 18.1. The maximum absolute atomic E-state index is 12.8. The summed E-state index contributed by atoms with van der Waals surface area (Å²) in [4.78, 5) is 40.6. The summed E-state index contributed by atoms with van der Waals surface area (Å²) in [7, 11) is 0. The summed E-state index contributed by atoms with van der Waals surface area (Å²) < 4.78 is 0. The van der Waals surface area contributed by atoms with Crippen LogP contribution in [0.15, 0.2) is 54.6 Å². The van der Waals surface area contributed by atoms with Crippen LogP contribution in [0, 0.1) is 6.92 Å². The third-order valence-electron chi connectivity index (χ3n) is 5.39. The number of carbonyl (C=O) groups excluding carboxylic acids is 3. The fraction of sp³-hybridized carbons (Fsp3) is 0.375. The van der Waals surface area contributed by atoms with Crippen LogP contribution < -0.4 is 10.6 Å². The molecule has 0 aromatic heterocycles. The highest BCUT2D eigenvalue weighted by Gasteiger charge is 2.25. The van der Waals surface area contributed by atoms with Crippen LogP contribution in [0.5, 0.6) is 0 Å². The van der Waals surface area contributed by atoms with Gasteiger partial charge in [0.2, 0.25) is 17.7 Å². The van der Waals surface area contributed by atoms with Crippen LogP contribution in [0.25, 0.3) is 0 Å². The summed E-state index contributed by atoms with van der Waals surface area (Å²) in [6.07, 6.45) is 0.220. The number of nitrogens with one attached hydrogen (secondary N) is 2. The first kappa shape index (κ1) is 22.5. The Hall–Kier alpha value is -3.19. The van der Waals surface area contributed by atoms with Gasteiger partial charge in [0, 0.05) is 38.8 Å². The SMILES string of the molecule is CC(=O)N[C@@H](CC(=O)N1CCN(CC(=O)Nc2ccc(C)cc2)CC1)c1ccccc1. The average Bonchev–Trinajstić information content (AvgIpc) is 2.75. The normalized spacial score (nSPS) is 15.2. The van der Waals surface area contributed by atoms with Gasteiger partial charge in [-0.15, -0.1) is 0 Å². The van der Waals surface area contributed by atoms with Crippen molar-refractivity contribution in [3.8, 4) is 0 Å². The number of aryl methyl sites for hydroxylation is 1. The van der Waals surface area contributed by atoms with Crippen molar-refractivity contribution in [1.29, 1.82) is 0 Å². The highest BCUT2D eigenvalue weighted by Crippen LogP contribution is 2.18. The maximum atomic E-state index is 12.8. The molecule has 1 aliphatic heterocycles. The predicted molar refractivity (Wildman–Crippen MR) is 120 cm³/mol. The fourth-order valence-corrected chi connectivity index (χ4v) is 3.68. The van der Waals surface area contributed by atoms with Gasteiger partial charge in [0.25, 0.3) is 0 Å². The van der Waals surface area contributed by atoms with Crippen LogP contribution in [-0.4, -0.2) is 60.2 Å². The van der Waals surface area contributed by atoms with Crippen molar-refractivity contribution in [2.75, 3.05) is 38.0 Å². The lowest BCUT2D eigenvalue weighted by atomic mass is 10.0. The number of amides is 3. The van der Waals surface area contributed by atoms with E-state index in [-0.39, 0.29) is 30.2 Å². The molecule has 7 nitrogen and oxygen atoms in total. The quantitative estimate of drug-likeness (QED) is 0.718. The van der Waals surface area contributed by atoms with Crippen LogP contribution in [0.1, 0.15) is 30.5 Å². The lowest BCUT2D eigenvalue weighted by Crippen LogP contribution is -2.51. The molecule has 2 aromatic rings. The lowest BCUT2D eigenvalue weighted by molar-refractivity contribution is -0.133. The van der Waals surface area contributed by atoms with Gasteiger partial charge in [0.15, 0.2) is 0 Å². The van der Waals surface area contributed by atoms with E-state index >= 15 is 0 Å². The molecule has 1 heterocycles. The first-order valence-corrected chi connectivity index (χ1v) is 10.6. The third-order valence-corrected chi connectivity index (χ3v) is 5.39. The Morgan fingerprint density at radius 1 is 0.935 bits per heavy atom. The summed E-state index contributed by atoms with van der Waals surface area (Å²) in [5, 5.41) is 5.79. The molecule has 2 N–H and O–H groups in total. The Kier molecular flexibility index (Phi) is 7.78. The molecule has 0 bridgehead atoms. The standard InChI is InChI=1S/C24H30N4O3/c1-18-8-10-21(11-9-18)26-23(30)17-27-12-14-28(15-13-27)24(31)16-22(25-19(2)29)20-6-4-3-5-7-20/h3-11,22H,12-17H2,1-2H3,(H,25,29)(H,26,30)/t22-/m0/s1. The summed E-state index contributed by atoms with van der Waals surface area (Å²) >= 11 is 0. The molecular weight excluding hydrogens is 392 g/mol. The molecule has 7 heteroatoms. The molecule has 1 fully saturated rings. The number of hydrogen-bond acceptors (Lipinski definition) is 4. The second-order valence-corrected chi connectivity index (χ2v) is 7.94. The second-order valence-electron chi connectivity index (χ2n) is 7.94. The molecule has 0 saturated carbocycles. The molecule has 164 valence electrons. The molecule has 31 heavy (non-hydrogen) atoms. The van der Waals surface area contributed by atoms with Gasteiger partial charge in [-0.05, 0) is 24.6 Å². The molecule has 0 aliphatic carbocycles. The second kappa shape index (κ2) is 10.7. The zero-order chi connectivity index (χ0) is 22.2. The van der Waals surface area contributed by atoms with Crippen LogP contribution in [0.2, 0.25) is 0 Å².